The van der Waals surface area contributed by atoms with E-state index in [4.69, 9.17) is 10.7 Å². The molecule has 2 aromatic heterocycles. The number of pyridine rings is 1. The normalized spacial score (nSPS) is 14.7. The highest BCUT2D eigenvalue weighted by molar-refractivity contribution is 7.09. The molecule has 2 heterocycles. The second-order valence-corrected chi connectivity index (χ2v) is 11.0. The van der Waals surface area contributed by atoms with Crippen LogP contribution in [0.25, 0.3) is 17.0 Å². The summed E-state index contributed by atoms with van der Waals surface area (Å²) in [4.78, 5) is 9.35. The minimum Gasteiger partial charge on any atom is -0.384 e. The van der Waals surface area contributed by atoms with Gasteiger partial charge >= 0.3 is 6.18 Å². The first kappa shape index (κ1) is 28.0. The first-order chi connectivity index (χ1) is 19.3. The minimum absolute atomic E-state index is 0.107. The molecule has 1 aliphatic rings. The summed E-state index contributed by atoms with van der Waals surface area (Å²) in [6, 6.07) is 13.1. The Hall–Kier alpha value is -3.50. The number of halogens is 3. The topological polar surface area (TPSA) is 88.8 Å². The Kier molecular flexibility index (Phi) is 8.66. The van der Waals surface area contributed by atoms with Crippen molar-refractivity contribution in [2.75, 3.05) is 17.2 Å². The van der Waals surface area contributed by atoms with Crippen LogP contribution in [0.4, 0.5) is 29.7 Å². The molecule has 0 fully saturated rings. The van der Waals surface area contributed by atoms with Gasteiger partial charge in [-0.3, -0.25) is 4.98 Å². The molecule has 0 bridgehead atoms. The van der Waals surface area contributed by atoms with Crippen LogP contribution in [0, 0.1) is 0 Å². The largest absolute Gasteiger partial charge is 0.416 e. The first-order valence-electron chi connectivity index (χ1n) is 13.6. The Morgan fingerprint density at radius 1 is 1.05 bits per heavy atom. The second-order valence-electron chi connectivity index (χ2n) is 10.2. The van der Waals surface area contributed by atoms with Gasteiger partial charge < -0.3 is 16.4 Å². The number of nitrogens with zero attached hydrogens (tertiary/aromatic N) is 3. The molecule has 0 saturated heterocycles. The van der Waals surface area contributed by atoms with Crippen molar-refractivity contribution in [3.05, 3.63) is 76.7 Å². The molecule has 1 aliphatic carbocycles. The molecule has 0 saturated carbocycles. The molecule has 0 amide bonds. The molecule has 5 rings (SSSR count). The fraction of sp³-hybridized carbons (Fsp3) is 0.367. The molecule has 10 heteroatoms. The van der Waals surface area contributed by atoms with Crippen LogP contribution in [0.3, 0.4) is 0 Å². The Balaban J connectivity index is 1.11. The Morgan fingerprint density at radius 2 is 1.82 bits per heavy atom. The highest BCUT2D eigenvalue weighted by Gasteiger charge is 2.30. The lowest BCUT2D eigenvalue weighted by molar-refractivity contribution is -0.137. The highest BCUT2D eigenvalue weighted by atomic mass is 32.1. The van der Waals surface area contributed by atoms with Gasteiger partial charge in [0.1, 0.15) is 0 Å². The number of alkyl halides is 3. The molecule has 0 aliphatic heterocycles. The maximum atomic E-state index is 12.8. The summed E-state index contributed by atoms with van der Waals surface area (Å²) in [6.07, 6.45) is 4.88. The zero-order chi connectivity index (χ0) is 28.1. The Morgan fingerprint density at radius 3 is 2.62 bits per heavy atom. The lowest BCUT2D eigenvalue weighted by Crippen LogP contribution is -2.21. The molecule has 210 valence electrons. The van der Waals surface area contributed by atoms with E-state index >= 15 is 0 Å². The molecule has 0 spiro atoms. The minimum atomic E-state index is -4.36. The van der Waals surface area contributed by atoms with Gasteiger partial charge in [0.15, 0.2) is 5.82 Å². The van der Waals surface area contributed by atoms with Gasteiger partial charge in [0, 0.05) is 46.6 Å². The van der Waals surface area contributed by atoms with Crippen LogP contribution in [-0.4, -0.2) is 26.9 Å². The van der Waals surface area contributed by atoms with Crippen LogP contribution < -0.4 is 16.4 Å². The lowest BCUT2D eigenvalue weighted by atomic mass is 9.92. The summed E-state index contributed by atoms with van der Waals surface area (Å²) < 4.78 is 42.6. The molecule has 1 unspecified atom stereocenters. The first-order valence-corrected chi connectivity index (χ1v) is 14.4. The van der Waals surface area contributed by atoms with Crippen molar-refractivity contribution in [2.45, 2.75) is 64.1 Å². The van der Waals surface area contributed by atoms with Crippen molar-refractivity contribution in [1.29, 1.82) is 0 Å². The van der Waals surface area contributed by atoms with Gasteiger partial charge in [0.2, 0.25) is 5.13 Å². The van der Waals surface area contributed by atoms with Gasteiger partial charge in [-0.15, -0.1) is 0 Å². The molecular formula is C30H33F3N6S. The average Bonchev–Trinajstić information content (AvgIpc) is 3.38. The van der Waals surface area contributed by atoms with E-state index in [1.807, 2.05) is 19.1 Å². The summed E-state index contributed by atoms with van der Waals surface area (Å²) >= 11 is 1.15. The predicted octanol–water partition coefficient (Wildman–Crippen LogP) is 7.74. The SMILES string of the molecule is CC(=Cc1nsc(Nc2ccc(C(F)(F)F)cc2)n1)C(N)CCCCNc1c2c(nc3ccccc13)CCCC2. The molecule has 40 heavy (non-hydrogen) atoms. The van der Waals surface area contributed by atoms with Gasteiger partial charge in [-0.05, 0) is 93.8 Å². The summed E-state index contributed by atoms with van der Waals surface area (Å²) in [5, 5.41) is 8.42. The monoisotopic (exact) mass is 566 g/mol. The van der Waals surface area contributed by atoms with Crippen LogP contribution in [0.1, 0.15) is 61.7 Å². The summed E-state index contributed by atoms with van der Waals surface area (Å²) in [5.74, 6) is 0.531. The number of rotatable bonds is 10. The number of benzene rings is 2. The molecule has 1 atom stereocenters. The van der Waals surface area contributed by atoms with Crippen molar-refractivity contribution in [2.24, 2.45) is 5.73 Å². The van der Waals surface area contributed by atoms with Gasteiger partial charge in [-0.25, -0.2) is 0 Å². The Labute approximate surface area is 236 Å². The van der Waals surface area contributed by atoms with E-state index in [1.54, 1.807) is 0 Å². The van der Waals surface area contributed by atoms with E-state index in [1.165, 1.54) is 47.3 Å². The van der Waals surface area contributed by atoms with Crippen LogP contribution in [0.15, 0.2) is 54.1 Å². The third-order valence-electron chi connectivity index (χ3n) is 7.26. The van der Waals surface area contributed by atoms with Gasteiger partial charge in [0.25, 0.3) is 0 Å². The number of unbranched alkanes of at least 4 members (excludes halogenated alkanes) is 1. The average molecular weight is 567 g/mol. The molecule has 6 nitrogen and oxygen atoms in total. The van der Waals surface area contributed by atoms with E-state index in [9.17, 15) is 13.2 Å². The lowest BCUT2D eigenvalue weighted by Gasteiger charge is -2.22. The maximum Gasteiger partial charge on any atom is 0.416 e. The number of hydrogen-bond donors (Lipinski definition) is 3. The van der Waals surface area contributed by atoms with Crippen molar-refractivity contribution < 1.29 is 13.2 Å². The van der Waals surface area contributed by atoms with E-state index in [2.05, 4.69) is 38.2 Å². The third kappa shape index (κ3) is 6.79. The summed E-state index contributed by atoms with van der Waals surface area (Å²) in [6.45, 7) is 2.85. The number of fused-ring (bicyclic) bond motifs is 2. The second kappa shape index (κ2) is 12.3. The quantitative estimate of drug-likeness (QED) is 0.170. The van der Waals surface area contributed by atoms with Crippen LogP contribution in [0.2, 0.25) is 0 Å². The number of anilines is 3. The number of aryl methyl sites for hydroxylation is 1. The summed E-state index contributed by atoms with van der Waals surface area (Å²) in [5.41, 5.74) is 12.2. The van der Waals surface area contributed by atoms with Crippen molar-refractivity contribution in [1.82, 2.24) is 14.3 Å². The van der Waals surface area contributed by atoms with Crippen molar-refractivity contribution >= 4 is 45.0 Å². The fourth-order valence-corrected chi connectivity index (χ4v) is 5.60. The third-order valence-corrected chi connectivity index (χ3v) is 7.90. The van der Waals surface area contributed by atoms with Crippen LogP contribution in [-0.2, 0) is 19.0 Å². The maximum absolute atomic E-state index is 12.8. The number of hydrogen-bond acceptors (Lipinski definition) is 7. The van der Waals surface area contributed by atoms with Gasteiger partial charge in [-0.1, -0.05) is 23.8 Å². The zero-order valence-electron chi connectivity index (χ0n) is 22.4. The molecule has 2 aromatic carbocycles. The van der Waals surface area contributed by atoms with Crippen LogP contribution in [0.5, 0.6) is 0 Å². The zero-order valence-corrected chi connectivity index (χ0v) is 23.2. The molecule has 4 aromatic rings. The number of nitrogens with one attached hydrogen (secondary N) is 2. The van der Waals surface area contributed by atoms with Crippen LogP contribution >= 0.6 is 11.5 Å². The number of nitrogens with two attached hydrogens (primary N) is 1. The number of aromatic nitrogens is 3. The van der Waals surface area contributed by atoms with E-state index in [-0.39, 0.29) is 6.04 Å². The van der Waals surface area contributed by atoms with Gasteiger partial charge in [0.05, 0.1) is 11.1 Å². The standard InChI is InChI=1S/C30H33F3N6S/c1-19(18-27-38-29(40-39-27)36-21-15-13-20(14-16-21)30(31,32)33)24(34)10-6-7-17-35-28-22-8-2-4-11-25(22)37-26-12-5-3-9-23(26)28/h2,4,8,11,13-16,18,24H,3,5-7,9-10,12,17,34H2,1H3,(H,35,37)(H,36,38,39). The van der Waals surface area contributed by atoms with Crippen molar-refractivity contribution in [3.63, 3.8) is 0 Å². The van der Waals surface area contributed by atoms with Crippen molar-refractivity contribution in [3.8, 4) is 0 Å². The van der Waals surface area contributed by atoms with E-state index < -0.39 is 11.7 Å². The highest BCUT2D eigenvalue weighted by Crippen LogP contribution is 2.33. The smallest absolute Gasteiger partial charge is 0.384 e. The Bertz CT molecular complexity index is 1480. The molecule has 4 N–H and O–H groups in total. The number of para-hydroxylation sites is 1. The van der Waals surface area contributed by atoms with E-state index in [0.717, 1.165) is 73.4 Å². The molecular weight excluding hydrogens is 533 g/mol. The van der Waals surface area contributed by atoms with Gasteiger partial charge in [-0.2, -0.15) is 22.5 Å². The summed E-state index contributed by atoms with van der Waals surface area (Å²) in [7, 11) is 0. The fourth-order valence-electron chi connectivity index (χ4n) is 5.03. The predicted molar refractivity (Wildman–Crippen MR) is 157 cm³/mol. The molecule has 0 radical (unpaired) electrons. The van der Waals surface area contributed by atoms with E-state index in [0.29, 0.717) is 16.6 Å².